The van der Waals surface area contributed by atoms with Crippen molar-refractivity contribution in [2.45, 2.75) is 32.6 Å². The minimum absolute atomic E-state index is 0.0317. The van der Waals surface area contributed by atoms with Crippen molar-refractivity contribution >= 4 is 11.6 Å². The lowest BCUT2D eigenvalue weighted by Gasteiger charge is -2.20. The van der Waals surface area contributed by atoms with Gasteiger partial charge >= 0.3 is 0 Å². The van der Waals surface area contributed by atoms with Gasteiger partial charge in [-0.3, -0.25) is 4.79 Å². The molecule has 1 rings (SSSR count). The molecule has 4 heteroatoms. The largest absolute Gasteiger partial charge is 0.506 e. The average Bonchev–Trinajstić information content (AvgIpc) is 2.27. The van der Waals surface area contributed by atoms with Crippen LogP contribution in [-0.2, 0) is 14.9 Å². The van der Waals surface area contributed by atoms with Gasteiger partial charge in [0.2, 0.25) is 5.91 Å². The van der Waals surface area contributed by atoms with E-state index >= 15 is 0 Å². The summed E-state index contributed by atoms with van der Waals surface area (Å²) in [6.07, 6.45) is 0.275. The minimum Gasteiger partial charge on any atom is -0.506 e. The summed E-state index contributed by atoms with van der Waals surface area (Å²) in [5.41, 5.74) is 1.43. The lowest BCUT2D eigenvalue weighted by molar-refractivity contribution is -0.117. The Labute approximate surface area is 108 Å². The summed E-state index contributed by atoms with van der Waals surface area (Å²) in [5.74, 6) is -0.0798. The lowest BCUT2D eigenvalue weighted by Crippen LogP contribution is -2.15. The van der Waals surface area contributed by atoms with E-state index in [1.165, 1.54) is 0 Å². The van der Waals surface area contributed by atoms with Crippen molar-refractivity contribution < 1.29 is 14.6 Å². The van der Waals surface area contributed by atoms with E-state index in [-0.39, 0.29) is 23.5 Å². The molecule has 0 unspecified atom stereocenters. The Morgan fingerprint density at radius 2 is 2.06 bits per heavy atom. The summed E-state index contributed by atoms with van der Waals surface area (Å²) in [6.45, 7) is 6.57. The van der Waals surface area contributed by atoms with E-state index in [1.807, 2.05) is 6.07 Å². The summed E-state index contributed by atoms with van der Waals surface area (Å²) in [4.78, 5) is 11.5. The van der Waals surface area contributed by atoms with Crippen molar-refractivity contribution in [1.29, 1.82) is 0 Å². The van der Waals surface area contributed by atoms with Gasteiger partial charge < -0.3 is 15.2 Å². The second-order valence-electron chi connectivity index (χ2n) is 5.27. The van der Waals surface area contributed by atoms with Crippen molar-refractivity contribution in [3.05, 3.63) is 23.8 Å². The van der Waals surface area contributed by atoms with Gasteiger partial charge in [-0.15, -0.1) is 0 Å². The fourth-order valence-electron chi connectivity index (χ4n) is 1.51. The number of aromatic hydroxyl groups is 1. The molecule has 0 fully saturated rings. The molecule has 0 aliphatic rings. The Kier molecular flexibility index (Phi) is 4.73. The molecule has 0 heterocycles. The number of rotatable bonds is 4. The number of anilines is 1. The predicted octanol–water partition coefficient (Wildman–Crippen LogP) is 2.66. The number of hydrogen-bond acceptors (Lipinski definition) is 3. The topological polar surface area (TPSA) is 58.6 Å². The van der Waals surface area contributed by atoms with Crippen LogP contribution in [0.15, 0.2) is 18.2 Å². The van der Waals surface area contributed by atoms with E-state index < -0.39 is 0 Å². The average molecular weight is 251 g/mol. The van der Waals surface area contributed by atoms with Crippen molar-refractivity contribution in [2.24, 2.45) is 0 Å². The molecule has 0 aromatic heterocycles. The highest BCUT2D eigenvalue weighted by Gasteiger charge is 2.15. The minimum atomic E-state index is -0.171. The maximum atomic E-state index is 11.5. The number of carbonyl (C=O) groups is 1. The van der Waals surface area contributed by atoms with Crippen LogP contribution in [0.1, 0.15) is 32.8 Å². The molecule has 0 radical (unpaired) electrons. The van der Waals surface area contributed by atoms with Gasteiger partial charge in [0.1, 0.15) is 5.75 Å². The third kappa shape index (κ3) is 4.04. The first-order valence-electron chi connectivity index (χ1n) is 5.97. The first-order valence-corrected chi connectivity index (χ1v) is 5.97. The van der Waals surface area contributed by atoms with Gasteiger partial charge in [0.25, 0.3) is 0 Å². The van der Waals surface area contributed by atoms with Crippen LogP contribution in [0.3, 0.4) is 0 Å². The highest BCUT2D eigenvalue weighted by Crippen LogP contribution is 2.30. The van der Waals surface area contributed by atoms with Crippen LogP contribution in [0.2, 0.25) is 0 Å². The summed E-state index contributed by atoms with van der Waals surface area (Å²) < 4.78 is 4.82. The first-order chi connectivity index (χ1) is 8.34. The Morgan fingerprint density at radius 1 is 1.39 bits per heavy atom. The molecule has 18 heavy (non-hydrogen) atoms. The number of methoxy groups -OCH3 is 1. The van der Waals surface area contributed by atoms with Crippen LogP contribution >= 0.6 is 0 Å². The van der Waals surface area contributed by atoms with E-state index in [4.69, 9.17) is 4.74 Å². The Bertz CT molecular complexity index is 422. The fourth-order valence-corrected chi connectivity index (χ4v) is 1.51. The van der Waals surface area contributed by atoms with Gasteiger partial charge in [0.05, 0.1) is 18.7 Å². The molecule has 0 aliphatic heterocycles. The first kappa shape index (κ1) is 14.5. The molecule has 1 aromatic carbocycles. The van der Waals surface area contributed by atoms with Crippen LogP contribution in [0, 0.1) is 0 Å². The van der Waals surface area contributed by atoms with E-state index in [1.54, 1.807) is 19.2 Å². The quantitative estimate of drug-likeness (QED) is 0.809. The number of ether oxygens (including phenoxy) is 1. The van der Waals surface area contributed by atoms with Gasteiger partial charge in [-0.05, 0) is 23.1 Å². The van der Waals surface area contributed by atoms with Crippen LogP contribution < -0.4 is 5.32 Å². The lowest BCUT2D eigenvalue weighted by atomic mass is 9.87. The SMILES string of the molecule is COCCC(=O)Nc1ccc(C(C)(C)C)cc1O. The van der Waals surface area contributed by atoms with E-state index in [2.05, 4.69) is 26.1 Å². The number of phenols is 1. The van der Waals surface area contributed by atoms with Gasteiger partial charge in [-0.25, -0.2) is 0 Å². The monoisotopic (exact) mass is 251 g/mol. The molecular formula is C14H21NO3. The van der Waals surface area contributed by atoms with Crippen LogP contribution in [-0.4, -0.2) is 24.7 Å². The maximum absolute atomic E-state index is 11.5. The zero-order valence-electron chi connectivity index (χ0n) is 11.4. The Morgan fingerprint density at radius 3 is 2.56 bits per heavy atom. The highest BCUT2D eigenvalue weighted by molar-refractivity contribution is 5.92. The zero-order valence-corrected chi connectivity index (χ0v) is 11.4. The highest BCUT2D eigenvalue weighted by atomic mass is 16.5. The third-order valence-electron chi connectivity index (χ3n) is 2.67. The molecule has 0 saturated carbocycles. The maximum Gasteiger partial charge on any atom is 0.226 e. The second-order valence-corrected chi connectivity index (χ2v) is 5.27. The summed E-state index contributed by atoms with van der Waals surface area (Å²) in [6, 6.07) is 5.32. The van der Waals surface area contributed by atoms with Crippen LogP contribution in [0.25, 0.3) is 0 Å². The number of amides is 1. The molecule has 100 valence electrons. The Hall–Kier alpha value is -1.55. The second kappa shape index (κ2) is 5.87. The molecule has 1 amide bonds. The van der Waals surface area contributed by atoms with E-state index in [0.29, 0.717) is 12.3 Å². The molecule has 0 aliphatic carbocycles. The van der Waals surface area contributed by atoms with Crippen molar-refractivity contribution in [3.63, 3.8) is 0 Å². The van der Waals surface area contributed by atoms with Crippen molar-refractivity contribution in [1.82, 2.24) is 0 Å². The molecule has 1 aromatic rings. The van der Waals surface area contributed by atoms with Crippen LogP contribution in [0.4, 0.5) is 5.69 Å². The van der Waals surface area contributed by atoms with Gasteiger partial charge in [-0.2, -0.15) is 0 Å². The summed E-state index contributed by atoms with van der Waals surface area (Å²) >= 11 is 0. The zero-order chi connectivity index (χ0) is 13.8. The van der Waals surface area contributed by atoms with Crippen LogP contribution in [0.5, 0.6) is 5.75 Å². The summed E-state index contributed by atoms with van der Waals surface area (Å²) in [7, 11) is 1.54. The number of hydrogen-bond donors (Lipinski definition) is 2. The number of benzene rings is 1. The van der Waals surface area contributed by atoms with Crippen molar-refractivity contribution in [3.8, 4) is 5.75 Å². The third-order valence-corrected chi connectivity index (χ3v) is 2.67. The molecule has 0 bridgehead atoms. The van der Waals surface area contributed by atoms with E-state index in [9.17, 15) is 9.90 Å². The number of nitrogens with one attached hydrogen (secondary N) is 1. The summed E-state index contributed by atoms with van der Waals surface area (Å²) in [5, 5.41) is 12.5. The molecule has 0 saturated heterocycles. The molecule has 4 nitrogen and oxygen atoms in total. The molecule has 2 N–H and O–H groups in total. The molecule has 0 spiro atoms. The smallest absolute Gasteiger partial charge is 0.226 e. The number of phenolic OH excluding ortho intramolecular Hbond substituents is 1. The van der Waals surface area contributed by atoms with Gasteiger partial charge in [0.15, 0.2) is 0 Å². The fraction of sp³-hybridized carbons (Fsp3) is 0.500. The van der Waals surface area contributed by atoms with Gasteiger partial charge in [-0.1, -0.05) is 26.8 Å². The molecule has 0 atom stereocenters. The number of carbonyl (C=O) groups excluding carboxylic acids is 1. The standard InChI is InChI=1S/C14H21NO3/c1-14(2,3)10-5-6-11(12(16)9-10)15-13(17)7-8-18-4/h5-6,9,16H,7-8H2,1-4H3,(H,15,17). The van der Waals surface area contributed by atoms with Gasteiger partial charge in [0, 0.05) is 7.11 Å². The molecular weight excluding hydrogens is 230 g/mol. The predicted molar refractivity (Wildman–Crippen MR) is 71.9 cm³/mol. The Balaban J connectivity index is 2.77. The normalized spacial score (nSPS) is 11.3. The van der Waals surface area contributed by atoms with Crippen molar-refractivity contribution in [2.75, 3.05) is 19.0 Å². The van der Waals surface area contributed by atoms with E-state index in [0.717, 1.165) is 5.56 Å².